The fraction of sp³-hybridized carbons (Fsp3) is 0.278. The third kappa shape index (κ3) is 4.49. The van der Waals surface area contributed by atoms with Crippen LogP contribution in [0.1, 0.15) is 11.1 Å². The molecule has 0 radical (unpaired) electrons. The Morgan fingerprint density at radius 2 is 1.92 bits per heavy atom. The molecule has 1 aliphatic heterocycles. The molecule has 1 aliphatic rings. The monoisotopic (exact) mass is 344 g/mol. The van der Waals surface area contributed by atoms with E-state index in [-0.39, 0.29) is 5.82 Å². The molecular weight excluding hydrogens is 323 g/mol. The standard InChI is InChI=1S/C18H21FN4S/c1-14-2-5-17(6-3-14)24-22-21-13-15-12-16(19)4-7-18(15)23-10-8-20-9-11-23/h2-7,12-13,20,22H,8-11H2,1H3/b21-13+. The van der Waals surface area contributed by atoms with Gasteiger partial charge in [-0.15, -0.1) is 0 Å². The highest BCUT2D eigenvalue weighted by molar-refractivity contribution is 7.97. The molecule has 2 aromatic carbocycles. The topological polar surface area (TPSA) is 39.7 Å². The van der Waals surface area contributed by atoms with Gasteiger partial charge in [0.2, 0.25) is 0 Å². The van der Waals surface area contributed by atoms with Crippen LogP contribution >= 0.6 is 11.9 Å². The molecule has 4 nitrogen and oxygen atoms in total. The minimum absolute atomic E-state index is 0.249. The lowest BCUT2D eigenvalue weighted by molar-refractivity contribution is 0.587. The molecule has 2 N–H and O–H groups in total. The molecule has 0 unspecified atom stereocenters. The highest BCUT2D eigenvalue weighted by Gasteiger charge is 2.13. The van der Waals surface area contributed by atoms with Gasteiger partial charge in [0.15, 0.2) is 0 Å². The molecule has 0 aliphatic carbocycles. The van der Waals surface area contributed by atoms with Crippen LogP contribution in [0.3, 0.4) is 0 Å². The van der Waals surface area contributed by atoms with Gasteiger partial charge in [-0.05, 0) is 37.3 Å². The Morgan fingerprint density at radius 3 is 2.67 bits per heavy atom. The number of benzene rings is 2. The van der Waals surface area contributed by atoms with Gasteiger partial charge in [-0.2, -0.15) is 5.10 Å². The number of hydrogen-bond donors (Lipinski definition) is 2. The van der Waals surface area contributed by atoms with Crippen LogP contribution in [-0.4, -0.2) is 32.4 Å². The molecular formula is C18H21FN4S. The summed E-state index contributed by atoms with van der Waals surface area (Å²) in [6.45, 7) is 5.77. The van der Waals surface area contributed by atoms with E-state index in [2.05, 4.69) is 39.2 Å². The minimum Gasteiger partial charge on any atom is -0.368 e. The Bertz CT molecular complexity index is 697. The van der Waals surface area contributed by atoms with Gasteiger partial charge in [0.25, 0.3) is 0 Å². The van der Waals surface area contributed by atoms with E-state index in [0.29, 0.717) is 0 Å². The van der Waals surface area contributed by atoms with Gasteiger partial charge in [-0.3, -0.25) is 0 Å². The zero-order valence-corrected chi connectivity index (χ0v) is 14.4. The van der Waals surface area contributed by atoms with Crippen LogP contribution in [0.5, 0.6) is 0 Å². The number of nitrogens with zero attached hydrogens (tertiary/aromatic N) is 2. The minimum atomic E-state index is -0.249. The Hall–Kier alpha value is -2.05. The lowest BCUT2D eigenvalue weighted by atomic mass is 10.1. The molecule has 3 rings (SSSR count). The Labute approximate surface area is 146 Å². The van der Waals surface area contributed by atoms with Gasteiger partial charge < -0.3 is 10.2 Å². The van der Waals surface area contributed by atoms with Crippen LogP contribution in [-0.2, 0) is 0 Å². The SMILES string of the molecule is Cc1ccc(SN/N=C/c2cc(F)ccc2N2CCNCC2)cc1. The maximum atomic E-state index is 13.6. The van der Waals surface area contributed by atoms with Crippen molar-refractivity contribution in [3.63, 3.8) is 0 Å². The van der Waals surface area contributed by atoms with E-state index in [0.717, 1.165) is 42.3 Å². The summed E-state index contributed by atoms with van der Waals surface area (Å²) in [5.41, 5.74) is 3.03. The largest absolute Gasteiger partial charge is 0.368 e. The normalized spacial score (nSPS) is 15.0. The fourth-order valence-corrected chi connectivity index (χ4v) is 3.09. The molecule has 0 aromatic heterocycles. The molecule has 0 saturated carbocycles. The lowest BCUT2D eigenvalue weighted by Crippen LogP contribution is -2.43. The first-order chi connectivity index (χ1) is 11.7. The van der Waals surface area contributed by atoms with Crippen LogP contribution in [0.2, 0.25) is 0 Å². The van der Waals surface area contributed by atoms with E-state index in [1.807, 2.05) is 18.2 Å². The van der Waals surface area contributed by atoms with Crippen molar-refractivity contribution in [1.82, 2.24) is 10.1 Å². The molecule has 6 heteroatoms. The number of piperazine rings is 1. The molecule has 0 spiro atoms. The molecule has 24 heavy (non-hydrogen) atoms. The first kappa shape index (κ1) is 16.8. The van der Waals surface area contributed by atoms with Crippen molar-refractivity contribution in [1.29, 1.82) is 0 Å². The number of hydrazone groups is 1. The molecule has 0 atom stereocenters. The maximum absolute atomic E-state index is 13.6. The van der Waals surface area contributed by atoms with Crippen molar-refractivity contribution in [3.05, 3.63) is 59.4 Å². The van der Waals surface area contributed by atoms with Gasteiger partial charge in [-0.25, -0.2) is 9.22 Å². The quantitative estimate of drug-likeness (QED) is 0.496. The fourth-order valence-electron chi connectivity index (χ4n) is 2.60. The Kier molecular flexibility index (Phi) is 5.72. The molecule has 0 amide bonds. The van der Waals surface area contributed by atoms with Crippen LogP contribution in [0, 0.1) is 12.7 Å². The predicted molar refractivity (Wildman–Crippen MR) is 99.2 cm³/mol. The average molecular weight is 344 g/mol. The summed E-state index contributed by atoms with van der Waals surface area (Å²) in [7, 11) is 0. The van der Waals surface area contributed by atoms with Crippen molar-refractivity contribution >= 4 is 23.8 Å². The average Bonchev–Trinajstić information content (AvgIpc) is 2.61. The summed E-state index contributed by atoms with van der Waals surface area (Å²) in [5, 5.41) is 7.56. The second-order valence-electron chi connectivity index (χ2n) is 5.70. The Morgan fingerprint density at radius 1 is 1.17 bits per heavy atom. The first-order valence-corrected chi connectivity index (χ1v) is 8.81. The maximum Gasteiger partial charge on any atom is 0.124 e. The van der Waals surface area contributed by atoms with Crippen molar-refractivity contribution in [3.8, 4) is 0 Å². The van der Waals surface area contributed by atoms with Crippen LogP contribution in [0.15, 0.2) is 52.5 Å². The van der Waals surface area contributed by atoms with E-state index in [1.54, 1.807) is 6.21 Å². The van der Waals surface area contributed by atoms with Crippen LogP contribution in [0.4, 0.5) is 10.1 Å². The molecule has 1 saturated heterocycles. The van der Waals surface area contributed by atoms with E-state index in [4.69, 9.17) is 0 Å². The van der Waals surface area contributed by atoms with Gasteiger partial charge in [0.05, 0.1) is 6.21 Å². The zero-order chi connectivity index (χ0) is 16.8. The van der Waals surface area contributed by atoms with Gasteiger partial charge in [0.1, 0.15) is 5.82 Å². The number of anilines is 1. The third-order valence-corrected chi connectivity index (χ3v) is 4.59. The van der Waals surface area contributed by atoms with Gasteiger partial charge >= 0.3 is 0 Å². The smallest absolute Gasteiger partial charge is 0.124 e. The zero-order valence-electron chi connectivity index (χ0n) is 13.6. The molecule has 2 aromatic rings. The van der Waals surface area contributed by atoms with Crippen molar-refractivity contribution in [2.75, 3.05) is 31.1 Å². The summed E-state index contributed by atoms with van der Waals surface area (Å²) in [5.74, 6) is -0.249. The summed E-state index contributed by atoms with van der Waals surface area (Å²) in [6.07, 6.45) is 1.68. The summed E-state index contributed by atoms with van der Waals surface area (Å²) in [6, 6.07) is 13.1. The number of rotatable bonds is 5. The summed E-state index contributed by atoms with van der Waals surface area (Å²) >= 11 is 1.43. The predicted octanol–water partition coefficient (Wildman–Crippen LogP) is 3.17. The van der Waals surface area contributed by atoms with Gasteiger partial charge in [0, 0.05) is 54.3 Å². The van der Waals surface area contributed by atoms with Crippen molar-refractivity contribution < 1.29 is 4.39 Å². The third-order valence-electron chi connectivity index (χ3n) is 3.89. The van der Waals surface area contributed by atoms with E-state index >= 15 is 0 Å². The Balaban J connectivity index is 1.66. The number of halogens is 1. The highest BCUT2D eigenvalue weighted by Crippen LogP contribution is 2.21. The van der Waals surface area contributed by atoms with E-state index in [9.17, 15) is 4.39 Å². The lowest BCUT2D eigenvalue weighted by Gasteiger charge is -2.30. The van der Waals surface area contributed by atoms with E-state index < -0.39 is 0 Å². The number of aryl methyl sites for hydroxylation is 1. The molecule has 126 valence electrons. The van der Waals surface area contributed by atoms with Crippen molar-refractivity contribution in [2.45, 2.75) is 11.8 Å². The second-order valence-corrected chi connectivity index (χ2v) is 6.56. The van der Waals surface area contributed by atoms with Crippen molar-refractivity contribution in [2.24, 2.45) is 5.10 Å². The number of nitrogens with one attached hydrogen (secondary N) is 2. The second kappa shape index (κ2) is 8.17. The van der Waals surface area contributed by atoms with E-state index in [1.165, 1.54) is 29.6 Å². The molecule has 1 fully saturated rings. The van der Waals surface area contributed by atoms with Crippen LogP contribution < -0.4 is 15.0 Å². The van der Waals surface area contributed by atoms with Crippen LogP contribution in [0.25, 0.3) is 0 Å². The molecule has 0 bridgehead atoms. The summed E-state index contributed by atoms with van der Waals surface area (Å²) in [4.78, 5) is 6.29. The van der Waals surface area contributed by atoms with Gasteiger partial charge in [-0.1, -0.05) is 17.7 Å². The number of hydrogen-bond acceptors (Lipinski definition) is 5. The summed E-state index contributed by atoms with van der Waals surface area (Å²) < 4.78 is 13.6. The highest BCUT2D eigenvalue weighted by atomic mass is 32.2. The first-order valence-electron chi connectivity index (χ1n) is 7.99. The molecule has 1 heterocycles.